The van der Waals surface area contributed by atoms with E-state index in [1.54, 1.807) is 6.20 Å². The number of hydrogen-bond acceptors (Lipinski definition) is 3. The Hall–Kier alpha value is -2.95. The molecule has 0 bridgehead atoms. The van der Waals surface area contributed by atoms with E-state index in [9.17, 15) is 4.79 Å². The van der Waals surface area contributed by atoms with Crippen molar-refractivity contribution in [1.82, 2.24) is 20.1 Å². The fourth-order valence-corrected chi connectivity index (χ4v) is 2.43. The number of pyridine rings is 1. The summed E-state index contributed by atoms with van der Waals surface area (Å²) in [7, 11) is 0. The molecule has 2 heterocycles. The monoisotopic (exact) mass is 320 g/mol. The van der Waals surface area contributed by atoms with Crippen LogP contribution in [0.4, 0.5) is 0 Å². The highest BCUT2D eigenvalue weighted by Gasteiger charge is 2.05. The van der Waals surface area contributed by atoms with Crippen LogP contribution < -0.4 is 5.32 Å². The first kappa shape index (κ1) is 15.9. The minimum atomic E-state index is 0.0541. The Kier molecular flexibility index (Phi) is 5.35. The molecule has 0 fully saturated rings. The highest BCUT2D eigenvalue weighted by Crippen LogP contribution is 2.09. The van der Waals surface area contributed by atoms with Crippen LogP contribution in [0.1, 0.15) is 17.7 Å². The second-order valence-corrected chi connectivity index (χ2v) is 5.55. The van der Waals surface area contributed by atoms with Crippen molar-refractivity contribution in [3.63, 3.8) is 0 Å². The Balaban J connectivity index is 1.42. The van der Waals surface area contributed by atoms with Gasteiger partial charge in [0.15, 0.2) is 0 Å². The van der Waals surface area contributed by atoms with Gasteiger partial charge in [0.25, 0.3) is 0 Å². The number of aryl methyl sites for hydroxylation is 1. The summed E-state index contributed by atoms with van der Waals surface area (Å²) in [5, 5.41) is 7.28. The summed E-state index contributed by atoms with van der Waals surface area (Å²) in [5.41, 5.74) is 3.06. The maximum Gasteiger partial charge on any atom is 0.220 e. The molecule has 1 aromatic carbocycles. The van der Waals surface area contributed by atoms with Gasteiger partial charge in [0.05, 0.1) is 11.9 Å². The van der Waals surface area contributed by atoms with E-state index < -0.39 is 0 Å². The number of nitrogens with zero attached hydrogens (tertiary/aromatic N) is 3. The van der Waals surface area contributed by atoms with Gasteiger partial charge in [0.1, 0.15) is 0 Å². The number of rotatable bonds is 7. The minimum Gasteiger partial charge on any atom is -0.356 e. The van der Waals surface area contributed by atoms with E-state index in [0.717, 1.165) is 23.4 Å². The number of amides is 1. The zero-order chi connectivity index (χ0) is 16.6. The Morgan fingerprint density at radius 2 is 1.88 bits per heavy atom. The molecule has 24 heavy (non-hydrogen) atoms. The van der Waals surface area contributed by atoms with Crippen molar-refractivity contribution in [2.45, 2.75) is 19.3 Å². The van der Waals surface area contributed by atoms with E-state index in [1.165, 1.54) is 0 Å². The second-order valence-electron chi connectivity index (χ2n) is 5.55. The number of hydrogen-bond donors (Lipinski definition) is 1. The molecule has 2 aromatic heterocycles. The van der Waals surface area contributed by atoms with Gasteiger partial charge >= 0.3 is 0 Å². The summed E-state index contributed by atoms with van der Waals surface area (Å²) < 4.78 is 1.83. The maximum absolute atomic E-state index is 11.9. The molecule has 0 atom stereocenters. The standard InChI is InChI=1S/C19H20N4O/c24-19(21-13-11-17-6-4-5-12-20-17)10-9-16-14-22-23(15-16)18-7-2-1-3-8-18/h1-8,12,14-15H,9-11,13H2,(H,21,24). The van der Waals surface area contributed by atoms with Gasteiger partial charge in [-0.05, 0) is 36.2 Å². The van der Waals surface area contributed by atoms with Crippen molar-refractivity contribution in [3.05, 3.63) is 78.4 Å². The Morgan fingerprint density at radius 3 is 2.67 bits per heavy atom. The molecule has 0 saturated carbocycles. The normalized spacial score (nSPS) is 10.5. The Labute approximate surface area is 141 Å². The third kappa shape index (κ3) is 4.52. The zero-order valence-electron chi connectivity index (χ0n) is 13.4. The Morgan fingerprint density at radius 1 is 1.04 bits per heavy atom. The average Bonchev–Trinajstić information content (AvgIpc) is 3.11. The molecule has 0 saturated heterocycles. The highest BCUT2D eigenvalue weighted by molar-refractivity contribution is 5.76. The summed E-state index contributed by atoms with van der Waals surface area (Å²) in [6.45, 7) is 0.610. The van der Waals surface area contributed by atoms with Crippen LogP contribution in [0.25, 0.3) is 5.69 Å². The number of benzene rings is 1. The van der Waals surface area contributed by atoms with Crippen LogP contribution in [0.15, 0.2) is 67.1 Å². The minimum absolute atomic E-state index is 0.0541. The van der Waals surface area contributed by atoms with Gasteiger partial charge in [-0.15, -0.1) is 0 Å². The van der Waals surface area contributed by atoms with Crippen molar-refractivity contribution in [1.29, 1.82) is 0 Å². The van der Waals surface area contributed by atoms with Crippen molar-refractivity contribution < 1.29 is 4.79 Å². The zero-order valence-corrected chi connectivity index (χ0v) is 13.4. The lowest BCUT2D eigenvalue weighted by atomic mass is 10.2. The third-order valence-electron chi connectivity index (χ3n) is 3.73. The van der Waals surface area contributed by atoms with Gasteiger partial charge in [-0.25, -0.2) is 4.68 Å². The lowest BCUT2D eigenvalue weighted by Gasteiger charge is -2.04. The van der Waals surface area contributed by atoms with Gasteiger partial charge in [0, 0.05) is 37.5 Å². The first-order chi connectivity index (χ1) is 11.8. The quantitative estimate of drug-likeness (QED) is 0.728. The predicted octanol–water partition coefficient (Wildman–Crippen LogP) is 2.56. The topological polar surface area (TPSA) is 59.8 Å². The van der Waals surface area contributed by atoms with Crippen molar-refractivity contribution >= 4 is 5.91 Å². The van der Waals surface area contributed by atoms with E-state index in [-0.39, 0.29) is 5.91 Å². The summed E-state index contributed by atoms with van der Waals surface area (Å²) >= 11 is 0. The molecule has 3 aromatic rings. The van der Waals surface area contributed by atoms with Crippen molar-refractivity contribution in [2.75, 3.05) is 6.54 Å². The summed E-state index contributed by atoms with van der Waals surface area (Å²) in [6, 6.07) is 15.7. The Bertz CT molecular complexity index is 768. The van der Waals surface area contributed by atoms with Gasteiger partial charge < -0.3 is 5.32 Å². The molecular formula is C19H20N4O. The van der Waals surface area contributed by atoms with Crippen LogP contribution in [-0.2, 0) is 17.6 Å². The third-order valence-corrected chi connectivity index (χ3v) is 3.73. The van der Waals surface area contributed by atoms with Crippen LogP contribution in [0.2, 0.25) is 0 Å². The first-order valence-electron chi connectivity index (χ1n) is 8.07. The molecule has 0 unspecified atom stereocenters. The molecule has 0 radical (unpaired) electrons. The van der Waals surface area contributed by atoms with Crippen molar-refractivity contribution in [2.24, 2.45) is 0 Å². The first-order valence-corrected chi connectivity index (χ1v) is 8.07. The fraction of sp³-hybridized carbons (Fsp3) is 0.211. The summed E-state index contributed by atoms with van der Waals surface area (Å²) in [5.74, 6) is 0.0541. The number of para-hydroxylation sites is 1. The van der Waals surface area contributed by atoms with Crippen LogP contribution in [0.5, 0.6) is 0 Å². The molecule has 0 spiro atoms. The van der Waals surface area contributed by atoms with Crippen molar-refractivity contribution in [3.8, 4) is 5.69 Å². The average molecular weight is 320 g/mol. The van der Waals surface area contributed by atoms with Crippen LogP contribution >= 0.6 is 0 Å². The fourth-order valence-electron chi connectivity index (χ4n) is 2.43. The van der Waals surface area contributed by atoms with Gasteiger partial charge in [-0.2, -0.15) is 5.10 Å². The van der Waals surface area contributed by atoms with E-state index in [0.29, 0.717) is 19.4 Å². The molecule has 5 heteroatoms. The second kappa shape index (κ2) is 8.06. The lowest BCUT2D eigenvalue weighted by Crippen LogP contribution is -2.26. The molecule has 3 rings (SSSR count). The SMILES string of the molecule is O=C(CCc1cnn(-c2ccccc2)c1)NCCc1ccccn1. The molecule has 0 aliphatic heterocycles. The van der Waals surface area contributed by atoms with Gasteiger partial charge in [0.2, 0.25) is 5.91 Å². The van der Waals surface area contributed by atoms with Gasteiger partial charge in [-0.3, -0.25) is 9.78 Å². The molecule has 0 aliphatic carbocycles. The summed E-state index contributed by atoms with van der Waals surface area (Å²) in [4.78, 5) is 16.2. The van der Waals surface area contributed by atoms with E-state index in [2.05, 4.69) is 15.4 Å². The van der Waals surface area contributed by atoms with Crippen LogP contribution in [0.3, 0.4) is 0 Å². The number of carbonyl (C=O) groups excluding carboxylic acids is 1. The maximum atomic E-state index is 11.9. The number of carbonyl (C=O) groups is 1. The van der Waals surface area contributed by atoms with Crippen LogP contribution in [-0.4, -0.2) is 27.2 Å². The lowest BCUT2D eigenvalue weighted by molar-refractivity contribution is -0.121. The van der Waals surface area contributed by atoms with E-state index >= 15 is 0 Å². The number of aromatic nitrogens is 3. The molecule has 122 valence electrons. The number of nitrogens with one attached hydrogen (secondary N) is 1. The molecule has 1 N–H and O–H groups in total. The molecule has 0 aliphatic rings. The molecule has 5 nitrogen and oxygen atoms in total. The predicted molar refractivity (Wildman–Crippen MR) is 92.8 cm³/mol. The van der Waals surface area contributed by atoms with E-state index in [4.69, 9.17) is 0 Å². The summed E-state index contributed by atoms with van der Waals surface area (Å²) in [6.07, 6.45) is 7.44. The van der Waals surface area contributed by atoms with Gasteiger partial charge in [-0.1, -0.05) is 24.3 Å². The molecular weight excluding hydrogens is 300 g/mol. The largest absolute Gasteiger partial charge is 0.356 e. The molecule has 1 amide bonds. The van der Waals surface area contributed by atoms with Crippen LogP contribution in [0, 0.1) is 0 Å². The smallest absolute Gasteiger partial charge is 0.220 e. The van der Waals surface area contributed by atoms with E-state index in [1.807, 2.05) is 65.6 Å². The highest BCUT2D eigenvalue weighted by atomic mass is 16.1.